The highest BCUT2D eigenvalue weighted by Gasteiger charge is 2.55. The van der Waals surface area contributed by atoms with Crippen LogP contribution in [0, 0.1) is 0 Å². The van der Waals surface area contributed by atoms with E-state index in [1.165, 1.54) is 16.7 Å². The zero-order valence-electron chi connectivity index (χ0n) is 50.1. The van der Waals surface area contributed by atoms with Gasteiger partial charge in [-0.1, -0.05) is 263 Å². The monoisotopic (exact) mass is 1040 g/mol. The maximum absolute atomic E-state index is 12.8. The summed E-state index contributed by atoms with van der Waals surface area (Å²) in [5.41, 5.74) is 14.6. The second-order valence-electron chi connectivity index (χ2n) is 29.7. The van der Waals surface area contributed by atoms with Crippen molar-refractivity contribution in [2.45, 2.75) is 220 Å². The molecule has 4 aromatic rings. The maximum atomic E-state index is 12.8. The SMILES string of the molecule is CC(C)(C)c1ccc(C(C)(C)C)c(C2=CC(P(O)O)(P(O)O)C(=C3C=CC=CC3c3cc(C(C)(C)C)ccc3C(C)(C)C)C(c3cc(C(C)(C)C)ccc3C(C)(C)C)=C2c2cc(C(C)(C)C)ccc2C(C)(C)C)c1. The van der Waals surface area contributed by atoms with Gasteiger partial charge in [-0.25, -0.2) is 0 Å². The molecule has 74 heavy (non-hydrogen) atoms. The van der Waals surface area contributed by atoms with Gasteiger partial charge in [0.05, 0.1) is 0 Å². The molecule has 6 heteroatoms. The molecule has 0 aromatic heterocycles. The van der Waals surface area contributed by atoms with Crippen LogP contribution in [0.3, 0.4) is 0 Å². The molecular weight excluding hydrogens is 943 g/mol. The summed E-state index contributed by atoms with van der Waals surface area (Å²) in [4.78, 5) is 49.2. The molecule has 0 amide bonds. The van der Waals surface area contributed by atoms with Crippen molar-refractivity contribution in [1.29, 1.82) is 0 Å². The quantitative estimate of drug-likeness (QED) is 0.145. The fourth-order valence-corrected chi connectivity index (χ4v) is 13.0. The van der Waals surface area contributed by atoms with Gasteiger partial charge in [0.25, 0.3) is 0 Å². The molecule has 400 valence electrons. The summed E-state index contributed by atoms with van der Waals surface area (Å²) in [6.45, 7) is 54.0. The molecule has 0 aliphatic heterocycles. The van der Waals surface area contributed by atoms with Gasteiger partial charge in [0, 0.05) is 5.92 Å². The van der Waals surface area contributed by atoms with E-state index in [0.717, 1.165) is 72.4 Å². The van der Waals surface area contributed by atoms with Crippen molar-refractivity contribution in [3.63, 3.8) is 0 Å². The largest absolute Gasteiger partial charge is 0.349 e. The highest BCUT2D eigenvalue weighted by atomic mass is 31.2. The van der Waals surface area contributed by atoms with Crippen molar-refractivity contribution in [2.75, 3.05) is 0 Å². The van der Waals surface area contributed by atoms with Crippen molar-refractivity contribution in [3.05, 3.63) is 181 Å². The highest BCUT2D eigenvalue weighted by molar-refractivity contribution is 7.67. The lowest BCUT2D eigenvalue weighted by Crippen LogP contribution is -2.33. The van der Waals surface area contributed by atoms with E-state index in [9.17, 15) is 19.6 Å². The zero-order chi connectivity index (χ0) is 56.1. The van der Waals surface area contributed by atoms with E-state index in [2.05, 4.69) is 257 Å². The number of benzene rings is 4. The summed E-state index contributed by atoms with van der Waals surface area (Å²) >= 11 is 0. The van der Waals surface area contributed by atoms with E-state index in [1.807, 2.05) is 12.2 Å². The van der Waals surface area contributed by atoms with Crippen molar-refractivity contribution in [1.82, 2.24) is 0 Å². The number of hydrogen-bond acceptors (Lipinski definition) is 4. The molecule has 0 radical (unpaired) electrons. The molecule has 4 nitrogen and oxygen atoms in total. The summed E-state index contributed by atoms with van der Waals surface area (Å²) in [7, 11) is -6.32. The van der Waals surface area contributed by atoms with Crippen LogP contribution < -0.4 is 0 Å². The van der Waals surface area contributed by atoms with Crippen LogP contribution in [-0.4, -0.2) is 24.5 Å². The third-order valence-electron chi connectivity index (χ3n) is 15.4. The first kappa shape index (κ1) is 59.5. The number of hydrogen-bond donors (Lipinski definition) is 4. The van der Waals surface area contributed by atoms with Gasteiger partial charge in [-0.3, -0.25) is 0 Å². The molecule has 2 aliphatic carbocycles. The second kappa shape index (κ2) is 19.9. The molecule has 0 saturated heterocycles. The Morgan fingerprint density at radius 1 is 0.378 bits per heavy atom. The van der Waals surface area contributed by atoms with Gasteiger partial charge in [0.2, 0.25) is 0 Å². The molecule has 0 spiro atoms. The highest BCUT2D eigenvalue weighted by Crippen LogP contribution is 2.72. The van der Waals surface area contributed by atoms with Crippen LogP contribution in [0.2, 0.25) is 0 Å². The predicted molar refractivity (Wildman–Crippen MR) is 324 cm³/mol. The zero-order valence-corrected chi connectivity index (χ0v) is 51.9. The molecule has 0 fully saturated rings. The van der Waals surface area contributed by atoms with Gasteiger partial charge in [-0.15, -0.1) is 0 Å². The minimum Gasteiger partial charge on any atom is -0.349 e. The van der Waals surface area contributed by atoms with Crippen molar-refractivity contribution >= 4 is 33.5 Å². The van der Waals surface area contributed by atoms with Crippen LogP contribution in [0.4, 0.5) is 0 Å². The fraction of sp³-hybridized carbons (Fsp3) is 0.500. The third kappa shape index (κ3) is 11.7. The molecule has 4 aromatic carbocycles. The number of rotatable bonds is 6. The lowest BCUT2D eigenvalue weighted by atomic mass is 9.66. The van der Waals surface area contributed by atoms with Gasteiger partial charge in [-0.05, 0) is 144 Å². The van der Waals surface area contributed by atoms with Crippen LogP contribution in [-0.2, 0) is 43.3 Å². The maximum Gasteiger partial charge on any atom is 0.190 e. The molecule has 0 heterocycles. The average molecular weight is 1040 g/mol. The Morgan fingerprint density at radius 2 is 0.716 bits per heavy atom. The van der Waals surface area contributed by atoms with Crippen molar-refractivity contribution in [3.8, 4) is 0 Å². The van der Waals surface area contributed by atoms with E-state index in [-0.39, 0.29) is 37.9 Å². The topological polar surface area (TPSA) is 80.9 Å². The van der Waals surface area contributed by atoms with Crippen LogP contribution in [0.5, 0.6) is 0 Å². The Labute approximate surface area is 452 Å². The summed E-state index contributed by atoms with van der Waals surface area (Å²) in [6.07, 6.45) is 10.4. The fourth-order valence-electron chi connectivity index (χ4n) is 11.0. The molecule has 2 aliphatic rings. The van der Waals surface area contributed by atoms with Gasteiger partial charge in [-0.2, -0.15) is 0 Å². The van der Waals surface area contributed by atoms with Gasteiger partial charge >= 0.3 is 0 Å². The first-order valence-corrected chi connectivity index (χ1v) is 29.5. The Morgan fingerprint density at radius 3 is 1.08 bits per heavy atom. The smallest absolute Gasteiger partial charge is 0.190 e. The minimum absolute atomic E-state index is 0.172. The Balaban J connectivity index is 2.15. The lowest BCUT2D eigenvalue weighted by Gasteiger charge is -2.45. The molecular formula is C68H94O4P2. The van der Waals surface area contributed by atoms with E-state index in [1.54, 1.807) is 0 Å². The Hall–Kier alpha value is -3.72. The van der Waals surface area contributed by atoms with Gasteiger partial charge < -0.3 is 19.6 Å². The van der Waals surface area contributed by atoms with E-state index >= 15 is 0 Å². The normalized spacial score (nSPS) is 18.5. The number of allylic oxidation sites excluding steroid dienone is 10. The van der Waals surface area contributed by atoms with Gasteiger partial charge in [0.15, 0.2) is 21.6 Å². The summed E-state index contributed by atoms with van der Waals surface area (Å²) in [5.74, 6) is -0.414. The average Bonchev–Trinajstić information content (AvgIpc) is 3.24. The van der Waals surface area contributed by atoms with Crippen molar-refractivity contribution in [2.24, 2.45) is 0 Å². The van der Waals surface area contributed by atoms with E-state index < -0.39 is 33.0 Å². The minimum atomic E-state index is -3.16. The second-order valence-corrected chi connectivity index (χ2v) is 32.7. The molecule has 0 saturated carbocycles. The Kier molecular flexibility index (Phi) is 16.0. The Bertz CT molecular complexity index is 2940. The van der Waals surface area contributed by atoms with Crippen LogP contribution in [0.15, 0.2) is 114 Å². The van der Waals surface area contributed by atoms with Crippen LogP contribution in [0.25, 0.3) is 16.7 Å². The summed E-state index contributed by atoms with van der Waals surface area (Å²) < 4.78 is 0. The van der Waals surface area contributed by atoms with E-state index in [4.69, 9.17) is 0 Å². The summed E-state index contributed by atoms with van der Waals surface area (Å²) in [5, 5.41) is 0. The van der Waals surface area contributed by atoms with Crippen LogP contribution >= 0.6 is 16.8 Å². The van der Waals surface area contributed by atoms with Crippen LogP contribution in [0.1, 0.15) is 239 Å². The molecule has 4 N–H and O–H groups in total. The first-order chi connectivity index (χ1) is 33.4. The van der Waals surface area contributed by atoms with Gasteiger partial charge in [0.1, 0.15) is 0 Å². The molecule has 1 unspecified atom stereocenters. The standard InChI is InChI=1S/C68H94O4P2/c1-60(2,3)42-29-33-53(64(13,14)15)48(37-42)46-27-25-26-28-47(46)59-58(51-40-45(63(10,11)12)32-36-56(51)67(22,23)24)57(50-39-44(62(7,8)9)31-35-55(50)66(19,20)21)52(41-68(59,73(69)70)74(71)72)49-38-43(61(4,5)6)30-34-54(49)65(16,17)18/h25-41,46,69-72H,1-24H3. The molecule has 1 atom stereocenters. The summed E-state index contributed by atoms with van der Waals surface area (Å²) in [6, 6.07) is 27.6. The first-order valence-electron chi connectivity index (χ1n) is 27.0. The van der Waals surface area contributed by atoms with E-state index in [0.29, 0.717) is 5.57 Å². The molecule has 6 rings (SSSR count). The lowest BCUT2D eigenvalue weighted by molar-refractivity contribution is 0.441. The predicted octanol–water partition coefficient (Wildman–Crippen LogP) is 18.6. The molecule has 0 bridgehead atoms. The van der Waals surface area contributed by atoms with Crippen molar-refractivity contribution < 1.29 is 19.6 Å². The third-order valence-corrected chi connectivity index (χ3v) is 18.4.